The van der Waals surface area contributed by atoms with Crippen LogP contribution in [0.2, 0.25) is 0 Å². The standard InChI is InChI=1S/C41H49N6O5/c42-37(30-32-20-24-43-25-21-32)40(50)45(31-33-16-18-35(48)19-17-33)26-9-2-8-23-44-39(49)22-29-52-41(51)47(46-27-10-3-11-28-46)38-15-7-6-14-36(38)34-12-4-1-5-13-34/h1,3-7,12-21,24-25,37,48H,2,8-11,22-23,26-31,42H2,(H,44,49)/t37-/m1/s1. The van der Waals surface area contributed by atoms with Crippen LogP contribution in [0.5, 0.6) is 5.75 Å². The quantitative estimate of drug-likeness (QED) is 0.116. The number of nitrogens with zero attached hydrogens (tertiary/aromatic N) is 4. The smallest absolute Gasteiger partial charge is 0.429 e. The van der Waals surface area contributed by atoms with E-state index >= 15 is 0 Å². The second kappa shape index (κ2) is 20.0. The maximum atomic E-state index is 13.6. The third kappa shape index (κ3) is 11.4. The van der Waals surface area contributed by atoms with Gasteiger partial charge in [-0.3, -0.25) is 14.6 Å². The molecule has 1 fully saturated rings. The Morgan fingerprint density at radius 3 is 2.33 bits per heavy atom. The second-order valence-corrected chi connectivity index (χ2v) is 12.9. The van der Waals surface area contributed by atoms with E-state index in [0.717, 1.165) is 60.0 Å². The number of hydrogen-bond acceptors (Lipinski definition) is 8. The third-order valence-electron chi connectivity index (χ3n) is 8.98. The van der Waals surface area contributed by atoms with Gasteiger partial charge >= 0.3 is 6.09 Å². The minimum atomic E-state index is -0.697. The van der Waals surface area contributed by atoms with Crippen molar-refractivity contribution in [3.05, 3.63) is 121 Å². The molecule has 3 amide bonds. The molecule has 1 aliphatic heterocycles. The van der Waals surface area contributed by atoms with E-state index in [0.29, 0.717) is 39.1 Å². The number of piperidine rings is 1. The number of amides is 3. The van der Waals surface area contributed by atoms with E-state index in [1.807, 2.05) is 71.7 Å². The molecule has 4 N–H and O–H groups in total. The van der Waals surface area contributed by atoms with Gasteiger partial charge in [0.25, 0.3) is 0 Å². The van der Waals surface area contributed by atoms with Gasteiger partial charge in [-0.05, 0) is 92.0 Å². The summed E-state index contributed by atoms with van der Waals surface area (Å²) in [5.41, 5.74) is 10.9. The number of phenols is 1. The van der Waals surface area contributed by atoms with Gasteiger partial charge in [-0.2, -0.15) is 0 Å². The predicted molar refractivity (Wildman–Crippen MR) is 202 cm³/mol. The zero-order valence-electron chi connectivity index (χ0n) is 29.6. The summed E-state index contributed by atoms with van der Waals surface area (Å²) in [5.74, 6) is -0.171. The molecule has 0 spiro atoms. The molecule has 273 valence electrons. The van der Waals surface area contributed by atoms with Crippen molar-refractivity contribution in [3.8, 4) is 16.9 Å². The van der Waals surface area contributed by atoms with Crippen molar-refractivity contribution in [1.82, 2.24) is 20.2 Å². The average Bonchev–Trinajstić information content (AvgIpc) is 3.17. The minimum absolute atomic E-state index is 0.0390. The molecule has 52 heavy (non-hydrogen) atoms. The summed E-state index contributed by atoms with van der Waals surface area (Å²) in [6.45, 7) is 2.71. The van der Waals surface area contributed by atoms with Gasteiger partial charge < -0.3 is 25.8 Å². The lowest BCUT2D eigenvalue weighted by atomic mass is 10.0. The summed E-state index contributed by atoms with van der Waals surface area (Å²) in [5, 5.41) is 16.2. The lowest BCUT2D eigenvalue weighted by Crippen LogP contribution is -2.50. The van der Waals surface area contributed by atoms with Crippen LogP contribution in [0.4, 0.5) is 10.5 Å². The van der Waals surface area contributed by atoms with Crippen LogP contribution in [0.1, 0.15) is 49.7 Å². The molecule has 3 aromatic carbocycles. The first-order valence-electron chi connectivity index (χ1n) is 18.0. The van der Waals surface area contributed by atoms with Gasteiger partial charge in [0, 0.05) is 50.7 Å². The van der Waals surface area contributed by atoms with E-state index < -0.39 is 12.1 Å². The summed E-state index contributed by atoms with van der Waals surface area (Å²) in [6.07, 6.45) is 9.52. The van der Waals surface area contributed by atoms with Gasteiger partial charge in [0.15, 0.2) is 0 Å². The Kier molecular flexibility index (Phi) is 14.6. The number of anilines is 1. The minimum Gasteiger partial charge on any atom is -0.508 e. The zero-order chi connectivity index (χ0) is 36.5. The average molecular weight is 706 g/mol. The van der Waals surface area contributed by atoms with E-state index in [1.165, 1.54) is 0 Å². The highest BCUT2D eigenvalue weighted by Gasteiger charge is 2.28. The van der Waals surface area contributed by atoms with Gasteiger partial charge in [-0.15, -0.1) is 0 Å². The summed E-state index contributed by atoms with van der Waals surface area (Å²) >= 11 is 0. The monoisotopic (exact) mass is 705 g/mol. The first kappa shape index (κ1) is 38.0. The molecule has 5 rings (SSSR count). The van der Waals surface area contributed by atoms with Crippen molar-refractivity contribution in [1.29, 1.82) is 0 Å². The highest BCUT2D eigenvalue weighted by molar-refractivity contribution is 5.93. The van der Waals surface area contributed by atoms with E-state index in [9.17, 15) is 19.5 Å². The maximum absolute atomic E-state index is 13.6. The van der Waals surface area contributed by atoms with Gasteiger partial charge in [0.1, 0.15) is 12.4 Å². The van der Waals surface area contributed by atoms with Crippen LogP contribution in [-0.2, 0) is 27.3 Å². The Hall–Kier alpha value is -5.26. The highest BCUT2D eigenvalue weighted by Crippen LogP contribution is 2.33. The number of aromatic hydroxyl groups is 1. The lowest BCUT2D eigenvalue weighted by molar-refractivity contribution is -0.133. The fourth-order valence-corrected chi connectivity index (χ4v) is 6.22. The highest BCUT2D eigenvalue weighted by atomic mass is 16.6. The summed E-state index contributed by atoms with van der Waals surface area (Å²) in [7, 11) is 0. The number of phenolic OH excluding ortho intramolecular Hbond substituents is 1. The van der Waals surface area contributed by atoms with Crippen molar-refractivity contribution in [3.63, 3.8) is 0 Å². The molecule has 1 saturated heterocycles. The van der Waals surface area contributed by atoms with Crippen LogP contribution < -0.4 is 16.1 Å². The molecule has 2 heterocycles. The van der Waals surface area contributed by atoms with Crippen LogP contribution in [0.15, 0.2) is 103 Å². The van der Waals surface area contributed by atoms with Crippen molar-refractivity contribution in [2.45, 2.75) is 57.5 Å². The zero-order valence-corrected chi connectivity index (χ0v) is 29.6. The normalized spacial score (nSPS) is 13.6. The number of rotatable bonds is 17. The Balaban J connectivity index is 1.07. The number of pyridine rings is 1. The topological polar surface area (TPSA) is 141 Å². The predicted octanol–water partition coefficient (Wildman–Crippen LogP) is 5.89. The number of carbonyl (C=O) groups excluding carboxylic acids is 3. The Bertz CT molecular complexity index is 1700. The maximum Gasteiger partial charge on any atom is 0.429 e. The molecule has 1 aliphatic rings. The van der Waals surface area contributed by atoms with Crippen LogP contribution in [0, 0.1) is 6.42 Å². The SMILES string of the molecule is N[C@H](Cc1ccncc1)C(=O)N(CCCCCNC(=O)CCOC(=O)N(c1ccccc1-c1ccccc1)N1CC[CH]CC1)Cc1ccc(O)cc1. The van der Waals surface area contributed by atoms with E-state index in [4.69, 9.17) is 10.5 Å². The summed E-state index contributed by atoms with van der Waals surface area (Å²) < 4.78 is 5.69. The summed E-state index contributed by atoms with van der Waals surface area (Å²) in [4.78, 5) is 45.4. The molecule has 1 atom stereocenters. The number of ether oxygens (including phenoxy) is 1. The second-order valence-electron chi connectivity index (χ2n) is 12.9. The van der Waals surface area contributed by atoms with Gasteiger partial charge in [-0.25, -0.2) is 14.8 Å². The number of hydrazine groups is 1. The van der Waals surface area contributed by atoms with Gasteiger partial charge in [0.05, 0.1) is 18.2 Å². The number of hydrogen-bond donors (Lipinski definition) is 3. The molecule has 1 radical (unpaired) electrons. The number of unbranched alkanes of at least 4 members (excludes halogenated alkanes) is 2. The molecule has 11 nitrogen and oxygen atoms in total. The molecule has 0 unspecified atom stereocenters. The Morgan fingerprint density at radius 1 is 0.865 bits per heavy atom. The van der Waals surface area contributed by atoms with E-state index in [1.54, 1.807) is 46.6 Å². The molecule has 1 aromatic heterocycles. The molecular formula is C41H49N6O5. The van der Waals surface area contributed by atoms with E-state index in [-0.39, 0.29) is 30.6 Å². The molecular weight excluding hydrogens is 656 g/mol. The summed E-state index contributed by atoms with van der Waals surface area (Å²) in [6, 6.07) is 27.5. The van der Waals surface area contributed by atoms with Crippen molar-refractivity contribution in [2.75, 3.05) is 37.8 Å². The number of nitrogens with one attached hydrogen (secondary N) is 1. The first-order valence-corrected chi connectivity index (χ1v) is 18.0. The van der Waals surface area contributed by atoms with Crippen LogP contribution in [0.3, 0.4) is 0 Å². The fourth-order valence-electron chi connectivity index (χ4n) is 6.22. The van der Waals surface area contributed by atoms with Crippen molar-refractivity contribution >= 4 is 23.6 Å². The third-order valence-corrected chi connectivity index (χ3v) is 8.98. The lowest BCUT2D eigenvalue weighted by Gasteiger charge is -2.37. The van der Waals surface area contributed by atoms with Gasteiger partial charge in [-0.1, -0.05) is 60.7 Å². The number of carbonyl (C=O) groups is 3. The fraction of sp³-hybridized carbons (Fsp3) is 0.341. The van der Waals surface area contributed by atoms with Crippen molar-refractivity contribution < 1.29 is 24.2 Å². The molecule has 0 aliphatic carbocycles. The molecule has 11 heteroatoms. The number of benzene rings is 3. The van der Waals surface area contributed by atoms with Crippen LogP contribution >= 0.6 is 0 Å². The van der Waals surface area contributed by atoms with Crippen LogP contribution in [-0.4, -0.2) is 76.7 Å². The van der Waals surface area contributed by atoms with Crippen molar-refractivity contribution in [2.24, 2.45) is 5.73 Å². The Morgan fingerprint density at radius 2 is 1.58 bits per heavy atom. The largest absolute Gasteiger partial charge is 0.508 e. The number of para-hydroxylation sites is 1. The molecule has 0 bridgehead atoms. The number of nitrogens with two attached hydrogens (primary N) is 1. The number of aromatic nitrogens is 1. The molecule has 4 aromatic rings. The first-order chi connectivity index (χ1) is 25.4. The van der Waals surface area contributed by atoms with E-state index in [2.05, 4.69) is 16.7 Å². The van der Waals surface area contributed by atoms with Gasteiger partial charge in [0.2, 0.25) is 11.8 Å². The Labute approximate surface area is 306 Å². The van der Waals surface area contributed by atoms with Crippen LogP contribution in [0.25, 0.3) is 11.1 Å². The molecule has 0 saturated carbocycles.